The first-order valence-electron chi connectivity index (χ1n) is 5.99. The number of rotatable bonds is 1. The summed E-state index contributed by atoms with van der Waals surface area (Å²) in [5, 5.41) is 3.41. The Hall–Kier alpha value is -1.35. The molecule has 84 valence electrons. The van der Waals surface area contributed by atoms with Gasteiger partial charge < -0.3 is 9.72 Å². The van der Waals surface area contributed by atoms with E-state index in [1.165, 1.54) is 23.9 Å². The summed E-state index contributed by atoms with van der Waals surface area (Å²) in [6.45, 7) is 4.33. The van der Waals surface area contributed by atoms with Crippen LogP contribution in [0.15, 0.2) is 24.5 Å². The maximum absolute atomic E-state index is 4.33. The highest BCUT2D eigenvalue weighted by Crippen LogP contribution is 2.26. The first-order chi connectivity index (χ1) is 7.84. The maximum atomic E-state index is 4.33. The van der Waals surface area contributed by atoms with Crippen molar-refractivity contribution in [1.29, 1.82) is 0 Å². The Morgan fingerprint density at radius 1 is 1.38 bits per heavy atom. The van der Waals surface area contributed by atoms with E-state index < -0.39 is 0 Å². The molecule has 1 aliphatic rings. The van der Waals surface area contributed by atoms with Gasteiger partial charge in [0, 0.05) is 6.20 Å². The van der Waals surface area contributed by atoms with Crippen LogP contribution in [0.3, 0.4) is 0 Å². The third-order valence-corrected chi connectivity index (χ3v) is 3.55. The minimum absolute atomic E-state index is 0.724. The molecule has 0 amide bonds. The van der Waals surface area contributed by atoms with Gasteiger partial charge in [0.05, 0.1) is 11.7 Å². The Labute approximate surface area is 95.5 Å². The standard InChI is InChI=1S/C13H17N3/c1-10-15-9-13-8-12(4-7-16(10)13)11-2-5-14-6-3-11/h4,7-9,11,14H,2-3,5-6H2,1H3. The van der Waals surface area contributed by atoms with Crippen molar-refractivity contribution in [2.45, 2.75) is 25.7 Å². The number of imidazole rings is 1. The number of nitrogens with zero attached hydrogens (tertiary/aromatic N) is 2. The molecule has 0 aliphatic carbocycles. The minimum atomic E-state index is 0.724. The van der Waals surface area contributed by atoms with E-state index in [0.717, 1.165) is 24.8 Å². The summed E-state index contributed by atoms with van der Waals surface area (Å²) in [5.41, 5.74) is 2.68. The third kappa shape index (κ3) is 1.61. The van der Waals surface area contributed by atoms with E-state index in [1.54, 1.807) is 0 Å². The molecular formula is C13H17N3. The summed E-state index contributed by atoms with van der Waals surface area (Å²) < 4.78 is 2.14. The van der Waals surface area contributed by atoms with Crippen LogP contribution >= 0.6 is 0 Å². The molecule has 1 saturated heterocycles. The van der Waals surface area contributed by atoms with Crippen LogP contribution in [0.5, 0.6) is 0 Å². The molecule has 2 aromatic heterocycles. The Morgan fingerprint density at radius 3 is 3.00 bits per heavy atom. The van der Waals surface area contributed by atoms with Gasteiger partial charge in [0.1, 0.15) is 5.82 Å². The van der Waals surface area contributed by atoms with Gasteiger partial charge in [-0.05, 0) is 56.5 Å². The lowest BCUT2D eigenvalue weighted by Gasteiger charge is -2.23. The van der Waals surface area contributed by atoms with Crippen LogP contribution < -0.4 is 5.32 Å². The van der Waals surface area contributed by atoms with Crippen molar-refractivity contribution in [3.8, 4) is 0 Å². The number of hydrogen-bond donors (Lipinski definition) is 1. The zero-order valence-electron chi connectivity index (χ0n) is 9.61. The molecule has 0 spiro atoms. The number of aromatic nitrogens is 2. The van der Waals surface area contributed by atoms with Crippen LogP contribution in [-0.4, -0.2) is 22.5 Å². The second-order valence-corrected chi connectivity index (χ2v) is 4.58. The van der Waals surface area contributed by atoms with Crippen molar-refractivity contribution in [2.75, 3.05) is 13.1 Å². The number of aryl methyl sites for hydroxylation is 1. The molecule has 3 rings (SSSR count). The van der Waals surface area contributed by atoms with Gasteiger partial charge >= 0.3 is 0 Å². The Balaban J connectivity index is 1.97. The molecule has 0 radical (unpaired) electrons. The fourth-order valence-corrected chi connectivity index (χ4v) is 2.56. The highest BCUT2D eigenvalue weighted by molar-refractivity contribution is 5.49. The van der Waals surface area contributed by atoms with Gasteiger partial charge in [0.15, 0.2) is 0 Å². The van der Waals surface area contributed by atoms with E-state index in [4.69, 9.17) is 0 Å². The lowest BCUT2D eigenvalue weighted by molar-refractivity contribution is 0.460. The van der Waals surface area contributed by atoms with Gasteiger partial charge in [-0.25, -0.2) is 4.98 Å². The smallest absolute Gasteiger partial charge is 0.110 e. The van der Waals surface area contributed by atoms with E-state index in [-0.39, 0.29) is 0 Å². The van der Waals surface area contributed by atoms with E-state index in [0.29, 0.717) is 0 Å². The number of nitrogens with one attached hydrogen (secondary N) is 1. The Morgan fingerprint density at radius 2 is 2.19 bits per heavy atom. The van der Waals surface area contributed by atoms with E-state index >= 15 is 0 Å². The maximum Gasteiger partial charge on any atom is 0.110 e. The predicted molar refractivity (Wildman–Crippen MR) is 64.8 cm³/mol. The summed E-state index contributed by atoms with van der Waals surface area (Å²) in [7, 11) is 0. The molecule has 1 fully saturated rings. The summed E-state index contributed by atoms with van der Waals surface area (Å²) in [6, 6.07) is 4.54. The Bertz CT molecular complexity index is 495. The van der Waals surface area contributed by atoms with Gasteiger partial charge in [-0.1, -0.05) is 0 Å². The van der Waals surface area contributed by atoms with Crippen molar-refractivity contribution in [3.63, 3.8) is 0 Å². The summed E-state index contributed by atoms with van der Waals surface area (Å²) in [5.74, 6) is 1.79. The summed E-state index contributed by atoms with van der Waals surface area (Å²) in [4.78, 5) is 4.33. The topological polar surface area (TPSA) is 29.3 Å². The van der Waals surface area contributed by atoms with Gasteiger partial charge in [-0.15, -0.1) is 0 Å². The molecule has 1 N–H and O–H groups in total. The molecular weight excluding hydrogens is 198 g/mol. The summed E-state index contributed by atoms with van der Waals surface area (Å²) in [6.07, 6.45) is 6.61. The molecule has 3 nitrogen and oxygen atoms in total. The monoisotopic (exact) mass is 215 g/mol. The first kappa shape index (κ1) is 9.85. The zero-order valence-corrected chi connectivity index (χ0v) is 9.61. The molecule has 16 heavy (non-hydrogen) atoms. The molecule has 3 heterocycles. The van der Waals surface area contributed by atoms with E-state index in [1.807, 2.05) is 13.1 Å². The fourth-order valence-electron chi connectivity index (χ4n) is 2.56. The van der Waals surface area contributed by atoms with Gasteiger partial charge in [-0.2, -0.15) is 0 Å². The lowest BCUT2D eigenvalue weighted by Crippen LogP contribution is -2.26. The normalized spacial score (nSPS) is 18.1. The Kier molecular flexibility index (Phi) is 2.40. The molecule has 0 atom stereocenters. The average molecular weight is 215 g/mol. The third-order valence-electron chi connectivity index (χ3n) is 3.55. The molecule has 0 saturated carbocycles. The van der Waals surface area contributed by atoms with Crippen molar-refractivity contribution in [2.24, 2.45) is 0 Å². The molecule has 0 bridgehead atoms. The van der Waals surface area contributed by atoms with Crippen LogP contribution in [0.4, 0.5) is 0 Å². The van der Waals surface area contributed by atoms with Crippen LogP contribution in [0.1, 0.15) is 30.1 Å². The molecule has 3 heteroatoms. The van der Waals surface area contributed by atoms with Crippen molar-refractivity contribution in [3.05, 3.63) is 35.9 Å². The van der Waals surface area contributed by atoms with Crippen LogP contribution in [0.25, 0.3) is 5.52 Å². The fraction of sp³-hybridized carbons (Fsp3) is 0.462. The van der Waals surface area contributed by atoms with Crippen LogP contribution in [-0.2, 0) is 0 Å². The van der Waals surface area contributed by atoms with Crippen LogP contribution in [0, 0.1) is 6.92 Å². The number of fused-ring (bicyclic) bond motifs is 1. The number of pyridine rings is 1. The molecule has 0 aromatic carbocycles. The quantitative estimate of drug-likeness (QED) is 0.789. The van der Waals surface area contributed by atoms with Gasteiger partial charge in [0.25, 0.3) is 0 Å². The highest BCUT2D eigenvalue weighted by Gasteiger charge is 2.15. The van der Waals surface area contributed by atoms with E-state index in [9.17, 15) is 0 Å². The van der Waals surface area contributed by atoms with E-state index in [2.05, 4.69) is 33.0 Å². The van der Waals surface area contributed by atoms with Crippen molar-refractivity contribution in [1.82, 2.24) is 14.7 Å². The number of piperidine rings is 1. The largest absolute Gasteiger partial charge is 0.317 e. The van der Waals surface area contributed by atoms with Gasteiger partial charge in [-0.3, -0.25) is 0 Å². The second kappa shape index (κ2) is 3.91. The highest BCUT2D eigenvalue weighted by atomic mass is 15.0. The second-order valence-electron chi connectivity index (χ2n) is 4.58. The van der Waals surface area contributed by atoms with Gasteiger partial charge in [0.2, 0.25) is 0 Å². The SMILES string of the molecule is Cc1ncc2cc(C3CCNCC3)ccn12. The summed E-state index contributed by atoms with van der Waals surface area (Å²) >= 11 is 0. The lowest BCUT2D eigenvalue weighted by atomic mass is 9.91. The van der Waals surface area contributed by atoms with Crippen molar-refractivity contribution >= 4 is 5.52 Å². The number of hydrogen-bond acceptors (Lipinski definition) is 2. The minimum Gasteiger partial charge on any atom is -0.317 e. The van der Waals surface area contributed by atoms with Crippen molar-refractivity contribution < 1.29 is 0 Å². The molecule has 1 aliphatic heterocycles. The zero-order chi connectivity index (χ0) is 11.0. The van der Waals surface area contributed by atoms with Crippen LogP contribution in [0.2, 0.25) is 0 Å². The molecule has 0 unspecified atom stereocenters. The predicted octanol–water partition coefficient (Wildman–Crippen LogP) is 2.11. The first-order valence-corrected chi connectivity index (χ1v) is 5.99. The molecule has 2 aromatic rings. The average Bonchev–Trinajstić information content (AvgIpc) is 2.72.